The van der Waals surface area contributed by atoms with Gasteiger partial charge in [-0.05, 0) is 55.8 Å². The van der Waals surface area contributed by atoms with E-state index in [1.807, 2.05) is 44.2 Å². The molecule has 2 fully saturated rings. The molecule has 0 aromatic heterocycles. The molecule has 206 valence electrons. The number of benzene rings is 3. The fourth-order valence-electron chi connectivity index (χ4n) is 5.15. The largest absolute Gasteiger partial charge is 0.454 e. The Morgan fingerprint density at radius 2 is 1.52 bits per heavy atom. The highest BCUT2D eigenvalue weighted by Gasteiger charge is 2.43. The van der Waals surface area contributed by atoms with Crippen molar-refractivity contribution in [3.63, 3.8) is 0 Å². The van der Waals surface area contributed by atoms with E-state index in [-0.39, 0.29) is 36.2 Å². The van der Waals surface area contributed by atoms with E-state index < -0.39 is 12.0 Å². The van der Waals surface area contributed by atoms with Crippen LogP contribution in [0.1, 0.15) is 38.3 Å². The molecule has 1 unspecified atom stereocenters. The smallest absolute Gasteiger partial charge is 0.338 e. The average Bonchev–Trinajstić information content (AvgIpc) is 3.26. The Bertz CT molecular complexity index is 1450. The summed E-state index contributed by atoms with van der Waals surface area (Å²) in [6.45, 7) is 6.34. The molecule has 2 saturated heterocycles. The fourth-order valence-corrected chi connectivity index (χ4v) is 5.32. The first-order valence-corrected chi connectivity index (χ1v) is 13.6. The summed E-state index contributed by atoms with van der Waals surface area (Å²) in [4.78, 5) is 56.5. The van der Waals surface area contributed by atoms with Crippen LogP contribution >= 0.6 is 11.6 Å². The highest BCUT2D eigenvalue weighted by atomic mass is 35.5. The molecule has 2 aliphatic rings. The molecular weight excluding hydrogens is 530 g/mol. The molecule has 0 radical (unpaired) electrons. The van der Waals surface area contributed by atoms with Crippen molar-refractivity contribution < 1.29 is 23.9 Å². The van der Waals surface area contributed by atoms with Crippen LogP contribution in [0.2, 0.25) is 5.02 Å². The third-order valence-corrected chi connectivity index (χ3v) is 7.69. The molecule has 5 rings (SSSR count). The minimum atomic E-state index is -0.656. The number of anilines is 2. The van der Waals surface area contributed by atoms with Crippen molar-refractivity contribution in [2.45, 2.75) is 26.3 Å². The van der Waals surface area contributed by atoms with Crippen LogP contribution < -0.4 is 9.80 Å². The minimum absolute atomic E-state index is 0.111. The summed E-state index contributed by atoms with van der Waals surface area (Å²) in [6, 6.07) is 18.4. The highest BCUT2D eigenvalue weighted by molar-refractivity contribution is 6.30. The third kappa shape index (κ3) is 5.78. The van der Waals surface area contributed by atoms with Crippen molar-refractivity contribution in [2.75, 3.05) is 42.6 Å². The number of piperazine rings is 1. The van der Waals surface area contributed by atoms with Gasteiger partial charge in [0, 0.05) is 42.5 Å². The second kappa shape index (κ2) is 11.6. The van der Waals surface area contributed by atoms with Gasteiger partial charge < -0.3 is 9.64 Å². The van der Waals surface area contributed by atoms with Crippen LogP contribution in [-0.2, 0) is 14.3 Å². The molecule has 0 aliphatic carbocycles. The zero-order valence-electron chi connectivity index (χ0n) is 22.4. The number of hydrogen-bond donors (Lipinski definition) is 0. The Labute approximate surface area is 238 Å². The first-order valence-electron chi connectivity index (χ1n) is 13.2. The van der Waals surface area contributed by atoms with Crippen LogP contribution in [0.25, 0.3) is 0 Å². The topological polar surface area (TPSA) is 87.2 Å². The lowest BCUT2D eigenvalue weighted by Gasteiger charge is -2.38. The molecular formula is C31H30ClN3O5. The van der Waals surface area contributed by atoms with Crippen LogP contribution in [0.3, 0.4) is 0 Å². The Hall–Kier alpha value is -4.01. The number of esters is 1. The van der Waals surface area contributed by atoms with Crippen molar-refractivity contribution in [2.24, 2.45) is 0 Å². The predicted molar refractivity (Wildman–Crippen MR) is 153 cm³/mol. The van der Waals surface area contributed by atoms with Crippen molar-refractivity contribution in [3.05, 3.63) is 94.0 Å². The van der Waals surface area contributed by atoms with E-state index in [1.165, 1.54) is 17.0 Å². The van der Waals surface area contributed by atoms with E-state index >= 15 is 0 Å². The van der Waals surface area contributed by atoms with E-state index in [0.29, 0.717) is 29.4 Å². The summed E-state index contributed by atoms with van der Waals surface area (Å²) in [5.41, 5.74) is 4.35. The van der Waals surface area contributed by atoms with Crippen LogP contribution in [-0.4, -0.2) is 67.3 Å². The number of nitrogens with zero attached hydrogens (tertiary/aromatic N) is 3. The van der Waals surface area contributed by atoms with Gasteiger partial charge in [0.1, 0.15) is 0 Å². The third-order valence-electron chi connectivity index (χ3n) is 7.46. The number of hydrogen-bond acceptors (Lipinski definition) is 7. The Morgan fingerprint density at radius 3 is 2.20 bits per heavy atom. The van der Waals surface area contributed by atoms with E-state index in [9.17, 15) is 19.2 Å². The SMILES string of the molecule is Cc1ccc(C(=O)COC(=O)c2ccc(N3C(=O)CC(N4CCN(c5cc(Cl)ccc5C)CC4)C3=O)cc2)cc1. The van der Waals surface area contributed by atoms with Gasteiger partial charge in [0.05, 0.1) is 23.7 Å². The van der Waals surface area contributed by atoms with Crippen molar-refractivity contribution >= 4 is 46.5 Å². The number of imide groups is 1. The van der Waals surface area contributed by atoms with Crippen molar-refractivity contribution in [1.29, 1.82) is 0 Å². The van der Waals surface area contributed by atoms with Gasteiger partial charge in [-0.15, -0.1) is 0 Å². The molecule has 2 aliphatic heterocycles. The molecule has 0 saturated carbocycles. The summed E-state index contributed by atoms with van der Waals surface area (Å²) < 4.78 is 5.18. The zero-order valence-corrected chi connectivity index (χ0v) is 23.2. The van der Waals surface area contributed by atoms with Gasteiger partial charge in [-0.1, -0.05) is 47.5 Å². The number of ether oxygens (including phenoxy) is 1. The lowest BCUT2D eigenvalue weighted by atomic mass is 10.1. The van der Waals surface area contributed by atoms with Crippen molar-refractivity contribution in [1.82, 2.24) is 4.90 Å². The molecule has 0 N–H and O–H groups in total. The van der Waals surface area contributed by atoms with Crippen LogP contribution in [0, 0.1) is 13.8 Å². The van der Waals surface area contributed by atoms with E-state index in [4.69, 9.17) is 16.3 Å². The monoisotopic (exact) mass is 559 g/mol. The van der Waals surface area contributed by atoms with Gasteiger partial charge in [0.15, 0.2) is 12.4 Å². The maximum Gasteiger partial charge on any atom is 0.338 e. The molecule has 2 heterocycles. The molecule has 2 amide bonds. The molecule has 3 aromatic carbocycles. The maximum atomic E-state index is 13.3. The normalized spacial score (nSPS) is 17.8. The number of rotatable bonds is 7. The lowest BCUT2D eigenvalue weighted by molar-refractivity contribution is -0.123. The van der Waals surface area contributed by atoms with Gasteiger partial charge in [-0.25, -0.2) is 9.69 Å². The molecule has 0 spiro atoms. The van der Waals surface area contributed by atoms with E-state index in [1.54, 1.807) is 24.3 Å². The minimum Gasteiger partial charge on any atom is -0.454 e. The average molecular weight is 560 g/mol. The number of Topliss-reactive ketones (excluding diaryl/α,β-unsaturated/α-hetero) is 1. The predicted octanol–water partition coefficient (Wildman–Crippen LogP) is 4.45. The second-order valence-corrected chi connectivity index (χ2v) is 10.6. The molecule has 40 heavy (non-hydrogen) atoms. The summed E-state index contributed by atoms with van der Waals surface area (Å²) in [7, 11) is 0. The number of amides is 2. The van der Waals surface area contributed by atoms with Gasteiger partial charge in [0.25, 0.3) is 5.91 Å². The van der Waals surface area contributed by atoms with Crippen LogP contribution in [0.15, 0.2) is 66.7 Å². The summed E-state index contributed by atoms with van der Waals surface area (Å²) in [5.74, 6) is -1.50. The summed E-state index contributed by atoms with van der Waals surface area (Å²) in [6.07, 6.45) is 0.111. The van der Waals surface area contributed by atoms with Gasteiger partial charge in [-0.2, -0.15) is 0 Å². The second-order valence-electron chi connectivity index (χ2n) is 10.2. The fraction of sp³-hybridized carbons (Fsp3) is 0.290. The molecule has 3 aromatic rings. The number of aryl methyl sites for hydroxylation is 2. The summed E-state index contributed by atoms with van der Waals surface area (Å²) in [5, 5.41) is 0.685. The standard InChI is InChI=1S/C31H30ClN3O5/c1-20-3-6-22(7-4-20)28(36)19-40-31(39)23-8-11-25(12-9-23)35-29(37)18-27(30(35)38)34-15-13-33(14-16-34)26-17-24(32)10-5-21(26)2/h3-12,17,27H,13-16,18-19H2,1-2H3. The quantitative estimate of drug-likeness (QED) is 0.240. The van der Waals surface area contributed by atoms with Gasteiger partial charge >= 0.3 is 5.97 Å². The molecule has 8 nitrogen and oxygen atoms in total. The van der Waals surface area contributed by atoms with Gasteiger partial charge in [-0.3, -0.25) is 19.3 Å². The first kappa shape index (κ1) is 27.6. The van der Waals surface area contributed by atoms with Crippen molar-refractivity contribution in [3.8, 4) is 0 Å². The van der Waals surface area contributed by atoms with Gasteiger partial charge in [0.2, 0.25) is 5.91 Å². The molecule has 1 atom stereocenters. The lowest BCUT2D eigenvalue weighted by Crippen LogP contribution is -2.52. The number of halogens is 1. The Kier molecular flexibility index (Phi) is 8.00. The Morgan fingerprint density at radius 1 is 0.875 bits per heavy atom. The van der Waals surface area contributed by atoms with Crippen LogP contribution in [0.4, 0.5) is 11.4 Å². The number of ketones is 1. The van der Waals surface area contributed by atoms with Crippen LogP contribution in [0.5, 0.6) is 0 Å². The van der Waals surface area contributed by atoms with E-state index in [2.05, 4.69) is 9.80 Å². The molecule has 0 bridgehead atoms. The number of carbonyl (C=O) groups excluding carboxylic acids is 4. The maximum absolute atomic E-state index is 13.3. The van der Waals surface area contributed by atoms with E-state index in [0.717, 1.165) is 29.9 Å². The first-order chi connectivity index (χ1) is 19.2. The number of carbonyl (C=O) groups is 4. The Balaban J connectivity index is 1.18. The zero-order chi connectivity index (χ0) is 28.4. The molecule has 9 heteroatoms. The highest BCUT2D eigenvalue weighted by Crippen LogP contribution is 2.29. The summed E-state index contributed by atoms with van der Waals surface area (Å²) >= 11 is 6.20.